The summed E-state index contributed by atoms with van der Waals surface area (Å²) in [5.41, 5.74) is 0.958. The number of hydrogen-bond acceptors (Lipinski definition) is 2. The second kappa shape index (κ2) is 13.1. The monoisotopic (exact) mass is 348 g/mol. The molecule has 0 aromatic heterocycles. The van der Waals surface area contributed by atoms with Crippen LogP contribution < -0.4 is 9.30 Å². The molecule has 0 bridgehead atoms. The zero-order chi connectivity index (χ0) is 12.7. The number of amides is 1. The number of rotatable bonds is 6. The van der Waals surface area contributed by atoms with Crippen LogP contribution in [0.2, 0.25) is 0 Å². The van der Waals surface area contributed by atoms with Crippen molar-refractivity contribution in [2.45, 2.75) is 20.3 Å². The maximum atomic E-state index is 12.0. The Kier molecular flexibility index (Phi) is 15.8. The van der Waals surface area contributed by atoms with Crippen LogP contribution in [0.5, 0.6) is 0 Å². The van der Waals surface area contributed by atoms with Crippen molar-refractivity contribution < 1.29 is 26.0 Å². The molecule has 3 radical (unpaired) electrons. The van der Waals surface area contributed by atoms with E-state index in [1.807, 2.05) is 54.6 Å². The summed E-state index contributed by atoms with van der Waals surface area (Å²) in [5.74, 6) is 0.116. The summed E-state index contributed by atoms with van der Waals surface area (Å²) in [6, 6.07) is 8.01. The normalized spacial score (nSPS) is 8.75. The molecule has 0 aliphatic carbocycles. The average molecular weight is 347 g/mol. The molecule has 20 heavy (non-hydrogen) atoms. The number of hydrogen-bond donors (Lipinski definition) is 0. The molecule has 0 fully saturated rings. The van der Waals surface area contributed by atoms with Crippen LogP contribution in [-0.2, 0) is 9.53 Å². The molecular formula is C13H24GeNO5. The minimum atomic E-state index is 0. The first-order valence-electron chi connectivity index (χ1n) is 5.88. The Hall–Kier alpha value is -0.927. The summed E-state index contributed by atoms with van der Waals surface area (Å²) < 4.78 is 6.41. The molecule has 6 nitrogen and oxygen atoms in total. The smallest absolute Gasteiger partial charge is 0.412 e. The summed E-state index contributed by atoms with van der Waals surface area (Å²) in [7, 11) is 0. The van der Waals surface area contributed by atoms with Crippen LogP contribution in [0.15, 0.2) is 24.3 Å². The zero-order valence-electron chi connectivity index (χ0n) is 11.9. The molecule has 0 aliphatic rings. The third kappa shape index (κ3) is 7.61. The molecule has 1 amide bonds. The number of nitrogens with zero attached hydrogens (tertiary/aromatic N) is 1. The molecule has 0 unspecified atom stereocenters. The molecule has 7 heteroatoms. The van der Waals surface area contributed by atoms with Gasteiger partial charge in [-0.15, -0.1) is 0 Å². The van der Waals surface area contributed by atoms with Crippen LogP contribution in [0, 0.1) is 0 Å². The third-order valence-electron chi connectivity index (χ3n) is 2.46. The summed E-state index contributed by atoms with van der Waals surface area (Å²) in [6.07, 6.45) is 0.440. The van der Waals surface area contributed by atoms with Gasteiger partial charge in [0.2, 0.25) is 0 Å². The summed E-state index contributed by atoms with van der Waals surface area (Å²) in [5, 5.41) is 0. The van der Waals surface area contributed by atoms with Crippen LogP contribution >= 0.6 is 0 Å². The van der Waals surface area contributed by atoms with Gasteiger partial charge in [0, 0.05) is 0 Å². The van der Waals surface area contributed by atoms with Crippen molar-refractivity contribution in [2.24, 2.45) is 0 Å². The van der Waals surface area contributed by atoms with E-state index in [-0.39, 0.29) is 22.3 Å². The van der Waals surface area contributed by atoms with Crippen LogP contribution in [-0.4, -0.2) is 58.6 Å². The maximum Gasteiger partial charge on any atom is -0.412 e. The molecule has 0 aliphatic heterocycles. The van der Waals surface area contributed by atoms with Crippen molar-refractivity contribution in [1.29, 1.82) is 0 Å². The van der Waals surface area contributed by atoms with Crippen molar-refractivity contribution in [1.82, 2.24) is 0 Å². The van der Waals surface area contributed by atoms with E-state index in [0.29, 0.717) is 26.2 Å². The molecule has 0 heterocycles. The van der Waals surface area contributed by atoms with E-state index in [0.717, 1.165) is 5.69 Å². The molecular weight excluding hydrogens is 323 g/mol. The Balaban J connectivity index is -0.000000963. The minimum absolute atomic E-state index is 0. The molecule has 1 aromatic rings. The van der Waals surface area contributed by atoms with E-state index in [1.165, 1.54) is 4.40 Å². The summed E-state index contributed by atoms with van der Waals surface area (Å²) >= 11 is 2.04. The molecule has 0 saturated carbocycles. The van der Waals surface area contributed by atoms with E-state index in [2.05, 4.69) is 0 Å². The topological polar surface area (TPSA) is 124 Å². The second-order valence-corrected chi connectivity index (χ2v) is 4.84. The molecule has 0 atom stereocenters. The molecule has 6 N–H and O–H groups in total. The molecule has 0 spiro atoms. The molecule has 1 aromatic carbocycles. The van der Waals surface area contributed by atoms with E-state index in [1.54, 1.807) is 4.90 Å². The van der Waals surface area contributed by atoms with Crippen LogP contribution in [0.4, 0.5) is 5.69 Å². The van der Waals surface area contributed by atoms with Crippen molar-refractivity contribution in [3.63, 3.8) is 0 Å². The Morgan fingerprint density at radius 3 is 2.15 bits per heavy atom. The number of carbonyl (C=O) groups is 1. The summed E-state index contributed by atoms with van der Waals surface area (Å²) in [4.78, 5) is 13.8. The number of benzene rings is 1. The van der Waals surface area contributed by atoms with Crippen LogP contribution in [0.1, 0.15) is 20.3 Å². The third-order valence-corrected chi connectivity index (χ3v) is 3.16. The van der Waals surface area contributed by atoms with E-state index in [4.69, 9.17) is 4.74 Å². The van der Waals surface area contributed by atoms with Crippen molar-refractivity contribution in [3.8, 4) is 0 Å². The Morgan fingerprint density at radius 1 is 1.15 bits per heavy atom. The second-order valence-electron chi connectivity index (χ2n) is 3.63. The van der Waals surface area contributed by atoms with Gasteiger partial charge in [-0.3, -0.25) is 0 Å². The van der Waals surface area contributed by atoms with Gasteiger partial charge in [-0.05, 0) is 0 Å². The van der Waals surface area contributed by atoms with E-state index in [9.17, 15) is 4.79 Å². The first-order valence-corrected chi connectivity index (χ1v) is 6.93. The number of anilines is 1. The van der Waals surface area contributed by atoms with Crippen molar-refractivity contribution >= 4 is 32.5 Å². The van der Waals surface area contributed by atoms with Crippen molar-refractivity contribution in [2.75, 3.05) is 24.7 Å². The first-order chi connectivity index (χ1) is 8.19. The number of carbonyl (C=O) groups excluding carboxylic acids is 1. The molecule has 115 valence electrons. The maximum absolute atomic E-state index is 12.0. The molecule has 0 saturated heterocycles. The fraction of sp³-hybridized carbons (Fsp3) is 0.462. The summed E-state index contributed by atoms with van der Waals surface area (Å²) in [6.45, 7) is 5.76. The minimum Gasteiger partial charge on any atom is -0.412 e. The van der Waals surface area contributed by atoms with Gasteiger partial charge in [-0.25, -0.2) is 0 Å². The van der Waals surface area contributed by atoms with Gasteiger partial charge in [0.1, 0.15) is 0 Å². The molecule has 1 rings (SSSR count). The Bertz CT molecular complexity index is 358. The standard InChI is InChI=1S/C13H18GeNO2.3H2O/c1-3-15(13(16)9-10-17-4-2)12-7-5-11(14)6-8-12;;;/h5-8H,3-4,9-10H2,1-2H3;3*1H2. The quantitative estimate of drug-likeness (QED) is 0.473. The fourth-order valence-electron chi connectivity index (χ4n) is 1.58. The fourth-order valence-corrected chi connectivity index (χ4v) is 1.93. The Labute approximate surface area is 128 Å². The van der Waals surface area contributed by atoms with Gasteiger partial charge in [-0.2, -0.15) is 0 Å². The van der Waals surface area contributed by atoms with Gasteiger partial charge >= 0.3 is 111 Å². The van der Waals surface area contributed by atoms with Crippen LogP contribution in [0.3, 0.4) is 0 Å². The van der Waals surface area contributed by atoms with Crippen molar-refractivity contribution in [3.05, 3.63) is 24.3 Å². The van der Waals surface area contributed by atoms with Gasteiger partial charge in [0.05, 0.1) is 0 Å². The Morgan fingerprint density at radius 2 is 1.70 bits per heavy atom. The van der Waals surface area contributed by atoms with Gasteiger partial charge in [0.15, 0.2) is 0 Å². The number of ether oxygens (including phenoxy) is 1. The van der Waals surface area contributed by atoms with Crippen LogP contribution in [0.25, 0.3) is 0 Å². The zero-order valence-corrected chi connectivity index (χ0v) is 14.0. The van der Waals surface area contributed by atoms with Gasteiger partial charge < -0.3 is 16.4 Å². The predicted octanol–water partition coefficient (Wildman–Crippen LogP) is -1.21. The average Bonchev–Trinajstić information content (AvgIpc) is 2.33. The van der Waals surface area contributed by atoms with E-state index < -0.39 is 0 Å². The SMILES string of the molecule is CCOCCC(=O)N(CC)c1cc[c]([Ge])cc1.O.O.O. The van der Waals surface area contributed by atoms with E-state index >= 15 is 0 Å². The van der Waals surface area contributed by atoms with Gasteiger partial charge in [-0.1, -0.05) is 0 Å². The largest absolute Gasteiger partial charge is 0.412 e. The van der Waals surface area contributed by atoms with Gasteiger partial charge in [0.25, 0.3) is 0 Å². The predicted molar refractivity (Wildman–Crippen MR) is 81.8 cm³/mol. The first kappa shape index (κ1) is 24.1.